The minimum Gasteiger partial charge on any atom is -0.493 e. The zero-order valence-corrected chi connectivity index (χ0v) is 18.9. The van der Waals surface area contributed by atoms with E-state index in [9.17, 15) is 0 Å². The number of halogens is 1. The second-order valence-corrected chi connectivity index (χ2v) is 6.10. The van der Waals surface area contributed by atoms with E-state index in [2.05, 4.69) is 52.9 Å². The van der Waals surface area contributed by atoms with Crippen LogP contribution in [0.15, 0.2) is 47.5 Å². The van der Waals surface area contributed by atoms with Crippen molar-refractivity contribution >= 4 is 29.9 Å². The number of aliphatic imine (C=N–C) groups is 1. The Hall–Kier alpha value is -1.96. The van der Waals surface area contributed by atoms with Gasteiger partial charge in [-0.25, -0.2) is 0 Å². The van der Waals surface area contributed by atoms with Gasteiger partial charge in [0.15, 0.2) is 17.5 Å². The fourth-order valence-corrected chi connectivity index (χ4v) is 2.77. The largest absolute Gasteiger partial charge is 0.493 e. The lowest BCUT2D eigenvalue weighted by Crippen LogP contribution is -2.39. The maximum absolute atomic E-state index is 5.35. The summed E-state index contributed by atoms with van der Waals surface area (Å²) in [5.41, 5.74) is 3.81. The zero-order chi connectivity index (χ0) is 18.8. The van der Waals surface area contributed by atoms with Gasteiger partial charge in [0.25, 0.3) is 0 Å². The standard InChI is InChI=1S/C21H29N3O2.HI/c1-16-6-5-7-17(14-16)10-12-23-21(22-2)24-13-11-18-8-9-19(25-3)20(15-18)26-4;/h5-9,14-15H,10-13H2,1-4H3,(H2,22,23,24);1H. The molecule has 0 unspecified atom stereocenters. The van der Waals surface area contributed by atoms with Crippen LogP contribution in [0.3, 0.4) is 0 Å². The first kappa shape index (κ1) is 23.1. The first-order valence-corrected chi connectivity index (χ1v) is 8.87. The van der Waals surface area contributed by atoms with E-state index < -0.39 is 0 Å². The second kappa shape index (κ2) is 12.4. The lowest BCUT2D eigenvalue weighted by Gasteiger charge is -2.13. The molecule has 2 aromatic rings. The summed E-state index contributed by atoms with van der Waals surface area (Å²) in [7, 11) is 5.09. The molecular weight excluding hydrogens is 453 g/mol. The highest BCUT2D eigenvalue weighted by atomic mass is 127. The Bertz CT molecular complexity index is 735. The van der Waals surface area contributed by atoms with Crippen LogP contribution in [0.2, 0.25) is 0 Å². The average molecular weight is 483 g/mol. The predicted octanol–water partition coefficient (Wildman–Crippen LogP) is 3.58. The van der Waals surface area contributed by atoms with Gasteiger partial charge in [-0.15, -0.1) is 24.0 Å². The molecule has 0 saturated heterocycles. The normalized spacial score (nSPS) is 10.7. The van der Waals surface area contributed by atoms with Gasteiger partial charge in [-0.05, 0) is 43.0 Å². The molecule has 0 aromatic heterocycles. The second-order valence-electron chi connectivity index (χ2n) is 6.10. The van der Waals surface area contributed by atoms with Crippen molar-refractivity contribution in [1.82, 2.24) is 10.6 Å². The number of nitrogens with zero attached hydrogens (tertiary/aromatic N) is 1. The summed E-state index contributed by atoms with van der Waals surface area (Å²) in [6, 6.07) is 14.6. The molecular formula is C21H30IN3O2. The van der Waals surface area contributed by atoms with Crippen LogP contribution in [0.4, 0.5) is 0 Å². The van der Waals surface area contributed by atoms with Crippen molar-refractivity contribution < 1.29 is 9.47 Å². The highest BCUT2D eigenvalue weighted by Gasteiger charge is 2.05. The van der Waals surface area contributed by atoms with Crippen LogP contribution in [0.1, 0.15) is 16.7 Å². The summed E-state index contributed by atoms with van der Waals surface area (Å²) in [6.45, 7) is 3.75. The van der Waals surface area contributed by atoms with Crippen LogP contribution in [-0.4, -0.2) is 40.3 Å². The van der Waals surface area contributed by atoms with E-state index in [1.165, 1.54) is 16.7 Å². The summed E-state index contributed by atoms with van der Waals surface area (Å²) in [6.07, 6.45) is 1.84. The fraction of sp³-hybridized carbons (Fsp3) is 0.381. The number of nitrogens with one attached hydrogen (secondary N) is 2. The number of guanidine groups is 1. The number of ether oxygens (including phenoxy) is 2. The molecule has 2 aromatic carbocycles. The fourth-order valence-electron chi connectivity index (χ4n) is 2.77. The molecule has 0 aliphatic rings. The van der Waals surface area contributed by atoms with Gasteiger partial charge in [0, 0.05) is 20.1 Å². The van der Waals surface area contributed by atoms with Crippen molar-refractivity contribution in [1.29, 1.82) is 0 Å². The Labute approximate surface area is 179 Å². The summed E-state index contributed by atoms with van der Waals surface area (Å²) in [4.78, 5) is 4.28. The predicted molar refractivity (Wildman–Crippen MR) is 123 cm³/mol. The Balaban J connectivity index is 0.00000364. The third-order valence-corrected chi connectivity index (χ3v) is 4.17. The number of hydrogen-bond donors (Lipinski definition) is 2. The van der Waals surface area contributed by atoms with Crippen molar-refractivity contribution in [3.05, 3.63) is 59.2 Å². The monoisotopic (exact) mass is 483 g/mol. The SMILES string of the molecule is CN=C(NCCc1cccc(C)c1)NCCc1ccc(OC)c(OC)c1.I. The molecule has 2 N–H and O–H groups in total. The molecule has 0 aliphatic heterocycles. The lowest BCUT2D eigenvalue weighted by atomic mass is 10.1. The Morgan fingerprint density at radius 2 is 1.52 bits per heavy atom. The van der Waals surface area contributed by atoms with E-state index in [0.29, 0.717) is 0 Å². The molecule has 0 fully saturated rings. The summed E-state index contributed by atoms with van der Waals surface area (Å²) in [5, 5.41) is 6.71. The van der Waals surface area contributed by atoms with Crippen molar-refractivity contribution in [2.24, 2.45) is 4.99 Å². The van der Waals surface area contributed by atoms with Gasteiger partial charge in [0.1, 0.15) is 0 Å². The molecule has 5 nitrogen and oxygen atoms in total. The van der Waals surface area contributed by atoms with E-state index in [1.54, 1.807) is 21.3 Å². The molecule has 0 atom stereocenters. The van der Waals surface area contributed by atoms with Gasteiger partial charge in [-0.3, -0.25) is 4.99 Å². The van der Waals surface area contributed by atoms with Crippen LogP contribution in [0.5, 0.6) is 11.5 Å². The van der Waals surface area contributed by atoms with Gasteiger partial charge in [0.05, 0.1) is 14.2 Å². The summed E-state index contributed by atoms with van der Waals surface area (Å²) < 4.78 is 10.6. The first-order chi connectivity index (χ1) is 12.7. The van der Waals surface area contributed by atoms with Gasteiger partial charge in [-0.2, -0.15) is 0 Å². The number of methoxy groups -OCH3 is 2. The maximum atomic E-state index is 5.35. The van der Waals surface area contributed by atoms with Crippen molar-refractivity contribution in [3.8, 4) is 11.5 Å². The van der Waals surface area contributed by atoms with Gasteiger partial charge in [0.2, 0.25) is 0 Å². The molecule has 148 valence electrons. The molecule has 27 heavy (non-hydrogen) atoms. The number of hydrogen-bond acceptors (Lipinski definition) is 3. The molecule has 6 heteroatoms. The van der Waals surface area contributed by atoms with Gasteiger partial charge in [-0.1, -0.05) is 35.9 Å². The molecule has 0 saturated carbocycles. The molecule has 0 radical (unpaired) electrons. The summed E-state index contributed by atoms with van der Waals surface area (Å²) in [5.74, 6) is 2.32. The van der Waals surface area contributed by atoms with Crippen LogP contribution in [-0.2, 0) is 12.8 Å². The van der Waals surface area contributed by atoms with Crippen LogP contribution >= 0.6 is 24.0 Å². The van der Waals surface area contributed by atoms with Crippen LogP contribution in [0.25, 0.3) is 0 Å². The Morgan fingerprint density at radius 1 is 0.889 bits per heavy atom. The van der Waals surface area contributed by atoms with Crippen molar-refractivity contribution in [3.63, 3.8) is 0 Å². The topological polar surface area (TPSA) is 54.9 Å². The number of rotatable bonds is 8. The molecule has 0 heterocycles. The number of benzene rings is 2. The van der Waals surface area contributed by atoms with E-state index in [4.69, 9.17) is 9.47 Å². The van der Waals surface area contributed by atoms with Crippen molar-refractivity contribution in [2.45, 2.75) is 19.8 Å². The molecule has 2 rings (SSSR count). The third kappa shape index (κ3) is 7.66. The number of aryl methyl sites for hydroxylation is 1. The van der Waals surface area contributed by atoms with E-state index in [1.807, 2.05) is 12.1 Å². The van der Waals surface area contributed by atoms with E-state index in [0.717, 1.165) is 43.4 Å². The molecule has 0 spiro atoms. The maximum Gasteiger partial charge on any atom is 0.190 e. The molecule has 0 aliphatic carbocycles. The lowest BCUT2D eigenvalue weighted by molar-refractivity contribution is 0.354. The van der Waals surface area contributed by atoms with E-state index >= 15 is 0 Å². The average Bonchev–Trinajstić information content (AvgIpc) is 2.66. The Morgan fingerprint density at radius 3 is 2.07 bits per heavy atom. The van der Waals surface area contributed by atoms with E-state index in [-0.39, 0.29) is 24.0 Å². The third-order valence-electron chi connectivity index (χ3n) is 4.17. The highest BCUT2D eigenvalue weighted by molar-refractivity contribution is 14.0. The zero-order valence-electron chi connectivity index (χ0n) is 16.5. The molecule has 0 amide bonds. The van der Waals surface area contributed by atoms with Gasteiger partial charge >= 0.3 is 0 Å². The van der Waals surface area contributed by atoms with Crippen LogP contribution < -0.4 is 20.1 Å². The van der Waals surface area contributed by atoms with Crippen LogP contribution in [0, 0.1) is 6.92 Å². The van der Waals surface area contributed by atoms with Crippen molar-refractivity contribution in [2.75, 3.05) is 34.4 Å². The smallest absolute Gasteiger partial charge is 0.190 e. The van der Waals surface area contributed by atoms with Gasteiger partial charge < -0.3 is 20.1 Å². The highest BCUT2D eigenvalue weighted by Crippen LogP contribution is 2.27. The molecule has 0 bridgehead atoms. The minimum absolute atomic E-state index is 0. The summed E-state index contributed by atoms with van der Waals surface area (Å²) >= 11 is 0. The Kier molecular flexibility index (Phi) is 10.6. The quantitative estimate of drug-likeness (QED) is 0.343. The minimum atomic E-state index is 0. The first-order valence-electron chi connectivity index (χ1n) is 8.87.